The van der Waals surface area contributed by atoms with Crippen LogP contribution in [0.15, 0.2) is 42.5 Å². The molecule has 0 bridgehead atoms. The first-order valence-electron chi connectivity index (χ1n) is 9.94. The maximum Gasteiger partial charge on any atom is 0.325 e. The average molecular weight is 410 g/mol. The molecule has 0 saturated carbocycles. The molecule has 0 radical (unpaired) electrons. The highest BCUT2D eigenvalue weighted by atomic mass is 16.7. The van der Waals surface area contributed by atoms with Gasteiger partial charge in [0.25, 0.3) is 5.91 Å². The normalized spacial score (nSPS) is 22.5. The molecule has 1 fully saturated rings. The van der Waals surface area contributed by atoms with Gasteiger partial charge in [-0.1, -0.05) is 30.3 Å². The number of nitrogens with zero attached hydrogens (tertiary/aromatic N) is 1. The van der Waals surface area contributed by atoms with Crippen molar-refractivity contribution >= 4 is 11.9 Å². The Balaban J connectivity index is 1.19. The van der Waals surface area contributed by atoms with Crippen LogP contribution >= 0.6 is 0 Å². The number of amides is 3. The SMILES string of the molecule is O=C1N[C@@]2(CCc3ccccc32)C(=O)N1C[C@H](O)COCc1ccc2c(c1)OCO2. The van der Waals surface area contributed by atoms with Gasteiger partial charge in [0.2, 0.25) is 6.79 Å². The van der Waals surface area contributed by atoms with Gasteiger partial charge in [-0.2, -0.15) is 0 Å². The number of ether oxygens (including phenoxy) is 3. The first-order chi connectivity index (χ1) is 14.6. The Morgan fingerprint density at radius 2 is 2.00 bits per heavy atom. The van der Waals surface area contributed by atoms with E-state index in [1.54, 1.807) is 0 Å². The maximum atomic E-state index is 13.1. The highest BCUT2D eigenvalue weighted by Gasteiger charge is 2.55. The molecule has 8 heteroatoms. The molecule has 0 unspecified atom stereocenters. The molecule has 0 aromatic heterocycles. The first kappa shape index (κ1) is 18.9. The number of rotatable bonds is 6. The molecule has 5 rings (SSSR count). The molecule has 2 N–H and O–H groups in total. The van der Waals surface area contributed by atoms with Gasteiger partial charge in [-0.3, -0.25) is 9.69 Å². The molecule has 2 atom stereocenters. The highest BCUT2D eigenvalue weighted by Crippen LogP contribution is 2.41. The number of urea groups is 1. The maximum absolute atomic E-state index is 13.1. The summed E-state index contributed by atoms with van der Waals surface area (Å²) in [5.41, 5.74) is 1.78. The average Bonchev–Trinajstić information content (AvgIpc) is 3.42. The highest BCUT2D eigenvalue weighted by molar-refractivity contribution is 6.08. The molecule has 3 amide bonds. The molecule has 3 aliphatic rings. The summed E-state index contributed by atoms with van der Waals surface area (Å²) in [4.78, 5) is 26.7. The zero-order valence-corrected chi connectivity index (χ0v) is 16.3. The van der Waals surface area contributed by atoms with E-state index in [2.05, 4.69) is 5.32 Å². The Morgan fingerprint density at radius 3 is 2.90 bits per heavy atom. The monoisotopic (exact) mass is 410 g/mol. The van der Waals surface area contributed by atoms with Crippen molar-refractivity contribution in [2.75, 3.05) is 19.9 Å². The Kier molecular flexibility index (Phi) is 4.60. The molecule has 156 valence electrons. The number of aliphatic hydroxyl groups excluding tert-OH is 1. The van der Waals surface area contributed by atoms with E-state index in [0.29, 0.717) is 17.9 Å². The van der Waals surface area contributed by atoms with Crippen LogP contribution < -0.4 is 14.8 Å². The number of benzene rings is 2. The van der Waals surface area contributed by atoms with Gasteiger partial charge < -0.3 is 24.6 Å². The van der Waals surface area contributed by atoms with Crippen LogP contribution in [0.4, 0.5) is 4.79 Å². The molecule has 1 aliphatic carbocycles. The van der Waals surface area contributed by atoms with Crippen molar-refractivity contribution in [3.63, 3.8) is 0 Å². The second kappa shape index (κ2) is 7.30. The molecule has 2 aromatic carbocycles. The minimum atomic E-state index is -1.01. The van der Waals surface area contributed by atoms with Gasteiger partial charge in [-0.25, -0.2) is 4.79 Å². The summed E-state index contributed by atoms with van der Waals surface area (Å²) < 4.78 is 16.2. The van der Waals surface area contributed by atoms with Crippen molar-refractivity contribution in [2.24, 2.45) is 0 Å². The number of aliphatic hydroxyl groups is 1. The Hall–Kier alpha value is -3.10. The van der Waals surface area contributed by atoms with E-state index in [9.17, 15) is 14.7 Å². The van der Waals surface area contributed by atoms with Gasteiger partial charge in [0.1, 0.15) is 5.54 Å². The van der Waals surface area contributed by atoms with Crippen molar-refractivity contribution < 1.29 is 28.9 Å². The third-order valence-electron chi connectivity index (χ3n) is 5.83. The van der Waals surface area contributed by atoms with Crippen molar-refractivity contribution in [2.45, 2.75) is 31.1 Å². The van der Waals surface area contributed by atoms with Gasteiger partial charge in [-0.15, -0.1) is 0 Å². The van der Waals surface area contributed by atoms with Gasteiger partial charge in [-0.05, 0) is 41.7 Å². The molecule has 2 aromatic rings. The van der Waals surface area contributed by atoms with E-state index in [4.69, 9.17) is 14.2 Å². The molecular weight excluding hydrogens is 388 g/mol. The predicted octanol–water partition coefficient (Wildman–Crippen LogP) is 1.69. The summed E-state index contributed by atoms with van der Waals surface area (Å²) in [5.74, 6) is 1.05. The standard InChI is InChI=1S/C22H22N2O6/c25-16(12-28-11-14-5-6-18-19(9-14)30-13-29-18)10-24-20(26)22(23-21(24)27)8-7-15-3-1-2-4-17(15)22/h1-6,9,16,25H,7-8,10-13H2,(H,23,27)/t16-,22+/m0/s1. The van der Waals surface area contributed by atoms with Crippen LogP contribution in [-0.2, 0) is 28.1 Å². The third-order valence-corrected chi connectivity index (χ3v) is 5.83. The van der Waals surface area contributed by atoms with Crippen molar-refractivity contribution in [3.05, 3.63) is 59.2 Å². The summed E-state index contributed by atoms with van der Waals surface area (Å²) in [6.07, 6.45) is 0.280. The lowest BCUT2D eigenvalue weighted by molar-refractivity contribution is -0.133. The van der Waals surface area contributed by atoms with Crippen LogP contribution in [0, 0.1) is 0 Å². The number of carbonyl (C=O) groups excluding carboxylic acids is 2. The number of carbonyl (C=O) groups is 2. The van der Waals surface area contributed by atoms with Crippen molar-refractivity contribution in [1.29, 1.82) is 0 Å². The van der Waals surface area contributed by atoms with E-state index in [1.165, 1.54) is 0 Å². The Morgan fingerprint density at radius 1 is 1.17 bits per heavy atom. The number of imide groups is 1. The second-order valence-corrected chi connectivity index (χ2v) is 7.76. The van der Waals surface area contributed by atoms with E-state index in [-0.39, 0.29) is 32.5 Å². The summed E-state index contributed by atoms with van der Waals surface area (Å²) in [6, 6.07) is 12.7. The fraction of sp³-hybridized carbons (Fsp3) is 0.364. The Labute approximate surface area is 173 Å². The van der Waals surface area contributed by atoms with E-state index in [0.717, 1.165) is 28.0 Å². The molecule has 30 heavy (non-hydrogen) atoms. The topological polar surface area (TPSA) is 97.3 Å². The summed E-state index contributed by atoms with van der Waals surface area (Å²) >= 11 is 0. The number of hydrogen-bond acceptors (Lipinski definition) is 6. The van der Waals surface area contributed by atoms with Gasteiger partial charge in [0.05, 0.1) is 25.9 Å². The van der Waals surface area contributed by atoms with Crippen LogP contribution in [-0.4, -0.2) is 48.0 Å². The lowest BCUT2D eigenvalue weighted by atomic mass is 9.92. The Bertz CT molecular complexity index is 1010. The fourth-order valence-corrected chi connectivity index (χ4v) is 4.36. The number of β-amino-alcohol motifs (C(OH)–C–C–N with tert-alkyl or cyclic N) is 1. The first-order valence-corrected chi connectivity index (χ1v) is 9.94. The molecule has 2 heterocycles. The van der Waals surface area contributed by atoms with Gasteiger partial charge >= 0.3 is 6.03 Å². The van der Waals surface area contributed by atoms with Crippen LogP contribution in [0.5, 0.6) is 11.5 Å². The third kappa shape index (κ3) is 3.09. The summed E-state index contributed by atoms with van der Waals surface area (Å²) in [5, 5.41) is 13.2. The number of nitrogens with one attached hydrogen (secondary N) is 1. The molecule has 2 aliphatic heterocycles. The van der Waals surface area contributed by atoms with Crippen LogP contribution in [0.3, 0.4) is 0 Å². The van der Waals surface area contributed by atoms with Crippen LogP contribution in [0.2, 0.25) is 0 Å². The van der Waals surface area contributed by atoms with Gasteiger partial charge in [0.15, 0.2) is 11.5 Å². The minimum absolute atomic E-state index is 0.00487. The lowest BCUT2D eigenvalue weighted by Gasteiger charge is -2.23. The lowest BCUT2D eigenvalue weighted by Crippen LogP contribution is -2.43. The molecule has 1 spiro atoms. The predicted molar refractivity (Wildman–Crippen MR) is 105 cm³/mol. The molecular formula is C22H22N2O6. The zero-order valence-electron chi connectivity index (χ0n) is 16.3. The van der Waals surface area contributed by atoms with E-state index >= 15 is 0 Å². The zero-order chi connectivity index (χ0) is 20.7. The minimum Gasteiger partial charge on any atom is -0.454 e. The summed E-state index contributed by atoms with van der Waals surface area (Å²) in [7, 11) is 0. The van der Waals surface area contributed by atoms with Crippen LogP contribution in [0.25, 0.3) is 0 Å². The molecule has 8 nitrogen and oxygen atoms in total. The van der Waals surface area contributed by atoms with Crippen LogP contribution in [0.1, 0.15) is 23.1 Å². The van der Waals surface area contributed by atoms with Crippen molar-refractivity contribution in [3.8, 4) is 11.5 Å². The number of fused-ring (bicyclic) bond motifs is 3. The van der Waals surface area contributed by atoms with Crippen molar-refractivity contribution in [1.82, 2.24) is 10.2 Å². The summed E-state index contributed by atoms with van der Waals surface area (Å²) in [6.45, 7) is 0.353. The molecule has 1 saturated heterocycles. The number of aryl methyl sites for hydroxylation is 1. The van der Waals surface area contributed by atoms with Gasteiger partial charge in [0, 0.05) is 0 Å². The largest absolute Gasteiger partial charge is 0.454 e. The quantitative estimate of drug-likeness (QED) is 0.704. The van der Waals surface area contributed by atoms with E-state index in [1.807, 2.05) is 42.5 Å². The fourth-order valence-electron chi connectivity index (χ4n) is 4.36. The van der Waals surface area contributed by atoms with E-state index < -0.39 is 17.7 Å². The second-order valence-electron chi connectivity index (χ2n) is 7.76. The smallest absolute Gasteiger partial charge is 0.325 e. The number of hydrogen-bond donors (Lipinski definition) is 2.